The second kappa shape index (κ2) is 4.74. The molecule has 6 heteroatoms. The Bertz CT molecular complexity index is 497. The van der Waals surface area contributed by atoms with E-state index >= 15 is 0 Å². The van der Waals surface area contributed by atoms with Crippen LogP contribution in [0.4, 0.5) is 0 Å². The van der Waals surface area contributed by atoms with Crippen molar-refractivity contribution in [3.63, 3.8) is 0 Å². The van der Waals surface area contributed by atoms with E-state index in [1.807, 2.05) is 12.1 Å². The van der Waals surface area contributed by atoms with Crippen molar-refractivity contribution in [2.45, 2.75) is 25.8 Å². The highest BCUT2D eigenvalue weighted by atomic mass is 79.9. The van der Waals surface area contributed by atoms with E-state index in [2.05, 4.69) is 22.9 Å². The zero-order valence-corrected chi connectivity index (χ0v) is 12.3. The fourth-order valence-corrected chi connectivity index (χ4v) is 3.34. The van der Waals surface area contributed by atoms with Crippen LogP contribution in [0.2, 0.25) is 0 Å². The first-order valence-corrected chi connectivity index (χ1v) is 8.25. The van der Waals surface area contributed by atoms with Crippen LogP contribution in [0.25, 0.3) is 0 Å². The molecule has 96 valence electrons. The summed E-state index contributed by atoms with van der Waals surface area (Å²) in [6.07, 6.45) is 1.17. The minimum atomic E-state index is -3.21. The standard InChI is InChI=1S/C11H16BrNO3S/c1-8-5-10(8)11-4-3-9(16-11)6-13(2)17(14,15)7-12/h3-4,8,10H,5-7H2,1-2H3. The van der Waals surface area contributed by atoms with E-state index in [-0.39, 0.29) is 11.2 Å². The molecule has 0 radical (unpaired) electrons. The molecular weight excluding hydrogens is 306 g/mol. The normalized spacial score (nSPS) is 24.2. The van der Waals surface area contributed by atoms with Gasteiger partial charge in [-0.2, -0.15) is 4.31 Å². The number of sulfonamides is 1. The minimum Gasteiger partial charge on any atom is -0.464 e. The Balaban J connectivity index is 2.02. The molecular formula is C11H16BrNO3S. The Kier molecular flexibility index (Phi) is 3.66. The summed E-state index contributed by atoms with van der Waals surface area (Å²) in [5.74, 6) is 2.91. The van der Waals surface area contributed by atoms with Crippen molar-refractivity contribution in [1.29, 1.82) is 0 Å². The van der Waals surface area contributed by atoms with E-state index < -0.39 is 10.0 Å². The van der Waals surface area contributed by atoms with Crippen LogP contribution in [0.3, 0.4) is 0 Å². The van der Waals surface area contributed by atoms with Crippen molar-refractivity contribution in [3.05, 3.63) is 23.7 Å². The first kappa shape index (κ1) is 13.1. The molecule has 0 amide bonds. The third-order valence-electron chi connectivity index (χ3n) is 3.15. The maximum Gasteiger partial charge on any atom is 0.224 e. The lowest BCUT2D eigenvalue weighted by Gasteiger charge is -2.13. The number of halogens is 1. The topological polar surface area (TPSA) is 50.5 Å². The van der Waals surface area contributed by atoms with Gasteiger partial charge < -0.3 is 4.42 Å². The number of nitrogens with zero attached hydrogens (tertiary/aromatic N) is 1. The quantitative estimate of drug-likeness (QED) is 0.783. The number of alkyl halides is 1. The van der Waals surface area contributed by atoms with E-state index in [0.29, 0.717) is 17.6 Å². The SMILES string of the molecule is CC1CC1c1ccc(CN(C)S(=O)(=O)CBr)o1. The van der Waals surface area contributed by atoms with Gasteiger partial charge in [0, 0.05) is 13.0 Å². The van der Waals surface area contributed by atoms with E-state index in [9.17, 15) is 8.42 Å². The van der Waals surface area contributed by atoms with Crippen molar-refractivity contribution < 1.29 is 12.8 Å². The summed E-state index contributed by atoms with van der Waals surface area (Å²) in [5, 5.41) is 0. The van der Waals surface area contributed by atoms with Gasteiger partial charge in [-0.25, -0.2) is 8.42 Å². The third-order valence-corrected chi connectivity index (χ3v) is 6.24. The smallest absolute Gasteiger partial charge is 0.224 e. The van der Waals surface area contributed by atoms with Gasteiger partial charge in [0.05, 0.1) is 6.54 Å². The summed E-state index contributed by atoms with van der Waals surface area (Å²) >= 11 is 2.97. The fourth-order valence-electron chi connectivity index (χ4n) is 1.80. The molecule has 4 nitrogen and oxygen atoms in total. The maximum absolute atomic E-state index is 11.5. The molecule has 0 bridgehead atoms. The summed E-state index contributed by atoms with van der Waals surface area (Å²) in [6, 6.07) is 3.82. The number of rotatable bonds is 5. The van der Waals surface area contributed by atoms with Crippen molar-refractivity contribution in [2.75, 3.05) is 11.7 Å². The third kappa shape index (κ3) is 2.92. The van der Waals surface area contributed by atoms with E-state index in [4.69, 9.17) is 4.42 Å². The van der Waals surface area contributed by atoms with Crippen LogP contribution in [0.5, 0.6) is 0 Å². The molecule has 1 aliphatic rings. The van der Waals surface area contributed by atoms with Gasteiger partial charge in [-0.3, -0.25) is 0 Å². The predicted molar refractivity (Wildman–Crippen MR) is 69.4 cm³/mol. The average Bonchev–Trinajstić information content (AvgIpc) is 2.83. The predicted octanol–water partition coefficient (Wildman–Crippen LogP) is 2.52. The molecule has 0 saturated heterocycles. The van der Waals surface area contributed by atoms with Crippen LogP contribution in [0.1, 0.15) is 30.8 Å². The first-order valence-electron chi connectivity index (χ1n) is 5.52. The van der Waals surface area contributed by atoms with E-state index in [1.54, 1.807) is 7.05 Å². The van der Waals surface area contributed by atoms with Gasteiger partial charge in [0.2, 0.25) is 10.0 Å². The molecule has 1 aromatic heterocycles. The summed E-state index contributed by atoms with van der Waals surface area (Å²) in [6.45, 7) is 2.48. The molecule has 0 spiro atoms. The Labute approximate surface area is 110 Å². The molecule has 1 heterocycles. The van der Waals surface area contributed by atoms with Crippen LogP contribution in [0.15, 0.2) is 16.5 Å². The molecule has 2 rings (SSSR count). The highest BCUT2D eigenvalue weighted by Crippen LogP contribution is 2.47. The lowest BCUT2D eigenvalue weighted by Crippen LogP contribution is -2.26. The van der Waals surface area contributed by atoms with Crippen molar-refractivity contribution in [2.24, 2.45) is 5.92 Å². The van der Waals surface area contributed by atoms with Crippen LogP contribution in [-0.2, 0) is 16.6 Å². The zero-order chi connectivity index (χ0) is 12.6. The number of hydrogen-bond acceptors (Lipinski definition) is 3. The van der Waals surface area contributed by atoms with E-state index in [0.717, 1.165) is 5.76 Å². The van der Waals surface area contributed by atoms with Crippen LogP contribution in [-0.4, -0.2) is 24.4 Å². The summed E-state index contributed by atoms with van der Waals surface area (Å²) < 4.78 is 30.0. The second-order valence-electron chi connectivity index (χ2n) is 4.60. The van der Waals surface area contributed by atoms with E-state index in [1.165, 1.54) is 10.7 Å². The Morgan fingerprint density at radius 2 is 2.18 bits per heavy atom. The molecule has 1 fully saturated rings. The lowest BCUT2D eigenvalue weighted by molar-refractivity contribution is 0.391. The first-order chi connectivity index (χ1) is 7.94. The number of hydrogen-bond donors (Lipinski definition) is 0. The summed E-state index contributed by atoms with van der Waals surface area (Å²) in [4.78, 5) is 0. The average molecular weight is 322 g/mol. The molecule has 2 unspecified atom stereocenters. The van der Waals surface area contributed by atoms with Crippen LogP contribution >= 0.6 is 15.9 Å². The highest BCUT2D eigenvalue weighted by molar-refractivity contribution is 9.10. The van der Waals surface area contributed by atoms with Gasteiger partial charge in [-0.05, 0) is 24.5 Å². The van der Waals surface area contributed by atoms with Crippen LogP contribution < -0.4 is 0 Å². The molecule has 1 aromatic rings. The Hall–Kier alpha value is -0.330. The molecule has 0 aliphatic heterocycles. The molecule has 1 aliphatic carbocycles. The second-order valence-corrected chi connectivity index (χ2v) is 7.98. The minimum absolute atomic E-state index is 0.0657. The van der Waals surface area contributed by atoms with Gasteiger partial charge in [0.1, 0.15) is 16.2 Å². The van der Waals surface area contributed by atoms with Gasteiger partial charge in [-0.1, -0.05) is 22.9 Å². The van der Waals surface area contributed by atoms with Gasteiger partial charge in [0.25, 0.3) is 0 Å². The summed E-state index contributed by atoms with van der Waals surface area (Å²) in [5.41, 5.74) is 0. The van der Waals surface area contributed by atoms with Gasteiger partial charge >= 0.3 is 0 Å². The molecule has 2 atom stereocenters. The van der Waals surface area contributed by atoms with Crippen LogP contribution in [0, 0.1) is 5.92 Å². The van der Waals surface area contributed by atoms with Crippen molar-refractivity contribution in [1.82, 2.24) is 4.31 Å². The largest absolute Gasteiger partial charge is 0.464 e. The maximum atomic E-state index is 11.5. The fraction of sp³-hybridized carbons (Fsp3) is 0.636. The molecule has 17 heavy (non-hydrogen) atoms. The van der Waals surface area contributed by atoms with Crippen molar-refractivity contribution in [3.8, 4) is 0 Å². The monoisotopic (exact) mass is 321 g/mol. The lowest BCUT2D eigenvalue weighted by atomic mass is 10.3. The molecule has 1 saturated carbocycles. The van der Waals surface area contributed by atoms with Crippen molar-refractivity contribution >= 4 is 26.0 Å². The van der Waals surface area contributed by atoms with Gasteiger partial charge in [-0.15, -0.1) is 0 Å². The summed E-state index contributed by atoms with van der Waals surface area (Å²) in [7, 11) is -1.66. The number of furan rings is 1. The molecule has 0 aromatic carbocycles. The Morgan fingerprint density at radius 1 is 1.53 bits per heavy atom. The van der Waals surface area contributed by atoms with Gasteiger partial charge in [0.15, 0.2) is 0 Å². The molecule has 0 N–H and O–H groups in total. The highest BCUT2D eigenvalue weighted by Gasteiger charge is 2.36. The Morgan fingerprint density at radius 3 is 2.71 bits per heavy atom. The zero-order valence-electron chi connectivity index (χ0n) is 9.89.